The standard InChI is InChI=1S/C13H14F2OS2/c1-7-8(2)18-11(6-17-7)13(16)12-9(14)4-3-5-10(12)15/h3-5,7-8,11H,6H2,1-2H3. The van der Waals surface area contributed by atoms with Gasteiger partial charge in [-0.25, -0.2) is 8.78 Å². The molecule has 3 unspecified atom stereocenters. The third-order valence-electron chi connectivity index (χ3n) is 3.05. The molecule has 0 radical (unpaired) electrons. The van der Waals surface area contributed by atoms with Crippen molar-refractivity contribution in [3.63, 3.8) is 0 Å². The molecule has 0 bridgehead atoms. The number of hydrogen-bond acceptors (Lipinski definition) is 3. The van der Waals surface area contributed by atoms with Crippen LogP contribution in [0.5, 0.6) is 0 Å². The third-order valence-corrected chi connectivity index (χ3v) is 6.44. The molecule has 0 aliphatic carbocycles. The van der Waals surface area contributed by atoms with Gasteiger partial charge in [-0.3, -0.25) is 4.79 Å². The highest BCUT2D eigenvalue weighted by molar-refractivity contribution is 8.08. The summed E-state index contributed by atoms with van der Waals surface area (Å²) in [5.74, 6) is -1.35. The molecule has 3 atom stereocenters. The van der Waals surface area contributed by atoms with Crippen molar-refractivity contribution in [1.82, 2.24) is 0 Å². The topological polar surface area (TPSA) is 17.1 Å². The number of Topliss-reactive ketones (excluding diaryl/α,β-unsaturated/α-hetero) is 1. The number of thioether (sulfide) groups is 2. The molecular weight excluding hydrogens is 274 g/mol. The van der Waals surface area contributed by atoms with E-state index in [0.29, 0.717) is 16.3 Å². The van der Waals surface area contributed by atoms with Crippen molar-refractivity contribution >= 4 is 29.3 Å². The molecule has 1 heterocycles. The second-order valence-corrected chi connectivity index (χ2v) is 7.32. The minimum absolute atomic E-state index is 0.313. The van der Waals surface area contributed by atoms with Gasteiger partial charge in [0.05, 0.1) is 10.8 Å². The lowest BCUT2D eigenvalue weighted by atomic mass is 10.1. The van der Waals surface area contributed by atoms with Gasteiger partial charge in [0.25, 0.3) is 0 Å². The van der Waals surface area contributed by atoms with E-state index in [-0.39, 0.29) is 5.25 Å². The molecule has 0 spiro atoms. The highest BCUT2D eigenvalue weighted by Crippen LogP contribution is 2.37. The molecule has 1 aliphatic rings. The summed E-state index contributed by atoms with van der Waals surface area (Å²) in [6.45, 7) is 4.15. The summed E-state index contributed by atoms with van der Waals surface area (Å²) in [4.78, 5) is 12.2. The molecule has 1 saturated heterocycles. The van der Waals surface area contributed by atoms with E-state index in [1.165, 1.54) is 17.8 Å². The summed E-state index contributed by atoms with van der Waals surface area (Å²) in [5.41, 5.74) is -0.391. The molecule has 0 saturated carbocycles. The SMILES string of the molecule is CC1SCC(C(=O)c2c(F)cccc2F)SC1C. The summed E-state index contributed by atoms with van der Waals surface area (Å²) in [7, 11) is 0. The van der Waals surface area contributed by atoms with Gasteiger partial charge in [0.2, 0.25) is 0 Å². The number of ketones is 1. The summed E-state index contributed by atoms with van der Waals surface area (Å²) >= 11 is 3.19. The molecule has 0 N–H and O–H groups in total. The maximum absolute atomic E-state index is 13.6. The average Bonchev–Trinajstić information content (AvgIpc) is 2.32. The van der Waals surface area contributed by atoms with Gasteiger partial charge in [0, 0.05) is 16.3 Å². The first-order valence-electron chi connectivity index (χ1n) is 5.76. The van der Waals surface area contributed by atoms with Crippen LogP contribution in [-0.2, 0) is 0 Å². The highest BCUT2D eigenvalue weighted by Gasteiger charge is 2.33. The molecule has 1 nitrogen and oxygen atoms in total. The zero-order chi connectivity index (χ0) is 13.3. The number of carbonyl (C=O) groups is 1. The maximum Gasteiger partial charge on any atom is 0.182 e. The Balaban J connectivity index is 2.22. The molecule has 1 aromatic rings. The summed E-state index contributed by atoms with van der Waals surface area (Å²) in [6, 6.07) is 3.53. The van der Waals surface area contributed by atoms with Crippen molar-refractivity contribution in [2.45, 2.75) is 29.6 Å². The van der Waals surface area contributed by atoms with Crippen LogP contribution in [0.3, 0.4) is 0 Å². The van der Waals surface area contributed by atoms with Gasteiger partial charge in [-0.1, -0.05) is 19.9 Å². The van der Waals surface area contributed by atoms with Gasteiger partial charge in [-0.05, 0) is 12.1 Å². The van der Waals surface area contributed by atoms with E-state index in [9.17, 15) is 13.6 Å². The Morgan fingerprint density at radius 3 is 2.39 bits per heavy atom. The van der Waals surface area contributed by atoms with E-state index in [0.717, 1.165) is 12.1 Å². The largest absolute Gasteiger partial charge is 0.293 e. The summed E-state index contributed by atoms with van der Waals surface area (Å²) in [6.07, 6.45) is 0. The van der Waals surface area contributed by atoms with E-state index in [2.05, 4.69) is 6.92 Å². The van der Waals surface area contributed by atoms with Crippen LogP contribution in [0.2, 0.25) is 0 Å². The fraction of sp³-hybridized carbons (Fsp3) is 0.462. The van der Waals surface area contributed by atoms with Crippen LogP contribution in [0.15, 0.2) is 18.2 Å². The Bertz CT molecular complexity index is 444. The molecule has 1 aromatic carbocycles. The number of hydrogen-bond donors (Lipinski definition) is 0. The molecule has 0 aromatic heterocycles. The molecule has 2 rings (SSSR count). The summed E-state index contributed by atoms with van der Waals surface area (Å²) < 4.78 is 27.1. The minimum Gasteiger partial charge on any atom is -0.293 e. The molecule has 5 heteroatoms. The monoisotopic (exact) mass is 288 g/mol. The van der Waals surface area contributed by atoms with Gasteiger partial charge in [0.15, 0.2) is 5.78 Å². The first-order chi connectivity index (χ1) is 8.50. The van der Waals surface area contributed by atoms with E-state index >= 15 is 0 Å². The Hall–Kier alpha value is -0.550. The van der Waals surface area contributed by atoms with Crippen molar-refractivity contribution in [2.24, 2.45) is 0 Å². The van der Waals surface area contributed by atoms with Crippen LogP contribution >= 0.6 is 23.5 Å². The Kier molecular flexibility index (Phi) is 4.33. The quantitative estimate of drug-likeness (QED) is 0.771. The lowest BCUT2D eigenvalue weighted by molar-refractivity contribution is 0.0986. The van der Waals surface area contributed by atoms with Crippen molar-refractivity contribution in [3.05, 3.63) is 35.4 Å². The molecule has 0 amide bonds. The van der Waals surface area contributed by atoms with E-state index in [4.69, 9.17) is 0 Å². The minimum atomic E-state index is -0.767. The van der Waals surface area contributed by atoms with E-state index in [1.54, 1.807) is 11.8 Å². The van der Waals surface area contributed by atoms with Crippen LogP contribution in [0.4, 0.5) is 8.78 Å². The number of benzene rings is 1. The Morgan fingerprint density at radius 2 is 1.83 bits per heavy atom. The molecule has 1 aliphatic heterocycles. The fourth-order valence-electron chi connectivity index (χ4n) is 1.82. The number of carbonyl (C=O) groups excluding carboxylic acids is 1. The van der Waals surface area contributed by atoms with E-state index in [1.807, 2.05) is 6.92 Å². The van der Waals surface area contributed by atoms with Gasteiger partial charge in [-0.15, -0.1) is 11.8 Å². The van der Waals surface area contributed by atoms with Gasteiger partial charge >= 0.3 is 0 Å². The first-order valence-corrected chi connectivity index (χ1v) is 7.75. The molecule has 1 fully saturated rings. The third kappa shape index (κ3) is 2.72. The number of halogens is 2. The van der Waals surface area contributed by atoms with Crippen LogP contribution in [-0.4, -0.2) is 27.3 Å². The predicted molar refractivity (Wildman–Crippen MR) is 73.4 cm³/mol. The van der Waals surface area contributed by atoms with Gasteiger partial charge < -0.3 is 0 Å². The normalized spacial score (nSPS) is 28.1. The average molecular weight is 288 g/mol. The number of rotatable bonds is 2. The van der Waals surface area contributed by atoms with Gasteiger partial charge in [0.1, 0.15) is 11.6 Å². The maximum atomic E-state index is 13.6. The molecular formula is C13H14F2OS2. The predicted octanol–water partition coefficient (Wildman–Crippen LogP) is 3.77. The second-order valence-electron chi connectivity index (χ2n) is 4.33. The zero-order valence-corrected chi connectivity index (χ0v) is 11.8. The van der Waals surface area contributed by atoms with Crippen LogP contribution in [0.25, 0.3) is 0 Å². The lowest BCUT2D eigenvalue weighted by Crippen LogP contribution is -2.32. The smallest absolute Gasteiger partial charge is 0.182 e. The van der Waals surface area contributed by atoms with Crippen molar-refractivity contribution in [1.29, 1.82) is 0 Å². The lowest BCUT2D eigenvalue weighted by Gasteiger charge is -2.30. The zero-order valence-electron chi connectivity index (χ0n) is 10.2. The second kappa shape index (κ2) is 5.61. The van der Waals surface area contributed by atoms with Crippen LogP contribution in [0.1, 0.15) is 24.2 Å². The molecule has 18 heavy (non-hydrogen) atoms. The van der Waals surface area contributed by atoms with Gasteiger partial charge in [-0.2, -0.15) is 11.8 Å². The summed E-state index contributed by atoms with van der Waals surface area (Å²) in [5, 5.41) is 0.421. The van der Waals surface area contributed by atoms with Crippen molar-refractivity contribution in [3.8, 4) is 0 Å². The van der Waals surface area contributed by atoms with Crippen molar-refractivity contribution in [2.75, 3.05) is 5.75 Å². The highest BCUT2D eigenvalue weighted by atomic mass is 32.2. The van der Waals surface area contributed by atoms with Crippen LogP contribution < -0.4 is 0 Å². The van der Waals surface area contributed by atoms with Crippen molar-refractivity contribution < 1.29 is 13.6 Å². The molecule has 98 valence electrons. The fourth-order valence-corrected chi connectivity index (χ4v) is 4.68. The Morgan fingerprint density at radius 1 is 1.22 bits per heavy atom. The van der Waals surface area contributed by atoms with E-state index < -0.39 is 23.0 Å². The Labute approximate surface area is 114 Å². The van der Waals surface area contributed by atoms with Crippen LogP contribution in [0, 0.1) is 11.6 Å². The first kappa shape index (κ1) is 13.9.